The van der Waals surface area contributed by atoms with Gasteiger partial charge in [0.05, 0.1) is 13.2 Å². The fourth-order valence-electron chi connectivity index (χ4n) is 1.05. The number of nitrogens with zero attached hydrogens (tertiary/aromatic N) is 1. The van der Waals surface area contributed by atoms with Crippen molar-refractivity contribution in [1.29, 1.82) is 0 Å². The van der Waals surface area contributed by atoms with Gasteiger partial charge in [-0.05, 0) is 13.3 Å². The molecule has 0 aromatic heterocycles. The quantitative estimate of drug-likeness (QED) is 0.622. The first-order chi connectivity index (χ1) is 5.70. The fourth-order valence-corrected chi connectivity index (χ4v) is 1.05. The summed E-state index contributed by atoms with van der Waals surface area (Å²) in [5.74, 6) is -0.0368. The lowest BCUT2D eigenvalue weighted by atomic mass is 10.2. The highest BCUT2D eigenvalue weighted by Gasteiger charge is 2.18. The summed E-state index contributed by atoms with van der Waals surface area (Å²) in [6.07, 6.45) is 1.49. The highest BCUT2D eigenvalue weighted by atomic mass is 16.7. The van der Waals surface area contributed by atoms with E-state index in [4.69, 9.17) is 4.84 Å². The minimum atomic E-state index is -0.0808. The predicted octanol–water partition coefficient (Wildman–Crippen LogP) is 0.520. The van der Waals surface area contributed by atoms with Gasteiger partial charge in [0.2, 0.25) is 5.91 Å². The van der Waals surface area contributed by atoms with Crippen LogP contribution in [0.1, 0.15) is 26.2 Å². The second kappa shape index (κ2) is 4.21. The van der Waals surface area contributed by atoms with Crippen LogP contribution in [0, 0.1) is 0 Å². The van der Waals surface area contributed by atoms with E-state index in [-0.39, 0.29) is 18.1 Å². The maximum Gasteiger partial charge on any atom is 0.246 e. The average Bonchev–Trinajstić information content (AvgIpc) is 2.51. The molecular formula is C8H13NO3. The Bertz CT molecular complexity index is 185. The Morgan fingerprint density at radius 1 is 1.42 bits per heavy atom. The molecule has 68 valence electrons. The molecular weight excluding hydrogens is 158 g/mol. The van der Waals surface area contributed by atoms with Crippen molar-refractivity contribution in [2.75, 3.05) is 13.2 Å². The second-order valence-electron chi connectivity index (χ2n) is 2.88. The van der Waals surface area contributed by atoms with Crippen LogP contribution in [0.2, 0.25) is 0 Å². The average molecular weight is 171 g/mol. The van der Waals surface area contributed by atoms with Gasteiger partial charge in [-0.3, -0.25) is 9.63 Å². The summed E-state index contributed by atoms with van der Waals surface area (Å²) in [5.41, 5.74) is 0. The first-order valence-corrected chi connectivity index (χ1v) is 4.13. The summed E-state index contributed by atoms with van der Waals surface area (Å²) in [7, 11) is 0. The van der Waals surface area contributed by atoms with Crippen LogP contribution in [-0.4, -0.2) is 29.9 Å². The van der Waals surface area contributed by atoms with Crippen LogP contribution >= 0.6 is 0 Å². The smallest absolute Gasteiger partial charge is 0.246 e. The van der Waals surface area contributed by atoms with Crippen molar-refractivity contribution >= 4 is 11.7 Å². The SMILES string of the molecule is CC(=O)CCC(=O)N1CCCO1. The van der Waals surface area contributed by atoms with E-state index in [1.54, 1.807) is 0 Å². The standard InChI is InChI=1S/C8H13NO3/c1-7(10)3-4-8(11)9-5-2-6-12-9/h2-6H2,1H3. The van der Waals surface area contributed by atoms with E-state index in [2.05, 4.69) is 0 Å². The molecule has 0 saturated carbocycles. The van der Waals surface area contributed by atoms with E-state index in [0.29, 0.717) is 19.6 Å². The molecule has 0 aromatic rings. The molecule has 0 unspecified atom stereocenters. The second-order valence-corrected chi connectivity index (χ2v) is 2.88. The van der Waals surface area contributed by atoms with E-state index < -0.39 is 0 Å². The van der Waals surface area contributed by atoms with Gasteiger partial charge < -0.3 is 4.79 Å². The first kappa shape index (κ1) is 9.19. The van der Waals surface area contributed by atoms with Crippen molar-refractivity contribution in [3.63, 3.8) is 0 Å². The molecule has 1 rings (SSSR count). The molecule has 4 heteroatoms. The lowest BCUT2D eigenvalue weighted by Gasteiger charge is -2.12. The summed E-state index contributed by atoms with van der Waals surface area (Å²) in [5, 5.41) is 1.35. The lowest BCUT2D eigenvalue weighted by Crippen LogP contribution is -2.26. The van der Waals surface area contributed by atoms with E-state index in [1.165, 1.54) is 12.0 Å². The van der Waals surface area contributed by atoms with Gasteiger partial charge in [-0.2, -0.15) is 0 Å². The Balaban J connectivity index is 2.23. The molecule has 0 aromatic carbocycles. The zero-order chi connectivity index (χ0) is 8.97. The number of rotatable bonds is 3. The number of carbonyl (C=O) groups is 2. The Labute approximate surface area is 71.4 Å². The minimum absolute atomic E-state index is 0.0440. The Morgan fingerprint density at radius 3 is 2.67 bits per heavy atom. The number of Topliss-reactive ketones (excluding diaryl/α,β-unsaturated/α-hetero) is 1. The van der Waals surface area contributed by atoms with Crippen LogP contribution in [0.15, 0.2) is 0 Å². The third-order valence-corrected chi connectivity index (χ3v) is 1.72. The third kappa shape index (κ3) is 2.62. The monoisotopic (exact) mass is 171 g/mol. The molecule has 0 N–H and O–H groups in total. The summed E-state index contributed by atoms with van der Waals surface area (Å²) >= 11 is 0. The zero-order valence-electron chi connectivity index (χ0n) is 7.21. The van der Waals surface area contributed by atoms with Gasteiger partial charge in [0.15, 0.2) is 0 Å². The van der Waals surface area contributed by atoms with Crippen molar-refractivity contribution in [3.05, 3.63) is 0 Å². The van der Waals surface area contributed by atoms with E-state index in [1.807, 2.05) is 0 Å². The molecule has 1 fully saturated rings. The van der Waals surface area contributed by atoms with Gasteiger partial charge in [-0.15, -0.1) is 0 Å². The zero-order valence-corrected chi connectivity index (χ0v) is 7.21. The summed E-state index contributed by atoms with van der Waals surface area (Å²) in [6, 6.07) is 0. The molecule has 0 bridgehead atoms. The molecule has 12 heavy (non-hydrogen) atoms. The van der Waals surface area contributed by atoms with Crippen LogP contribution in [0.25, 0.3) is 0 Å². The summed E-state index contributed by atoms with van der Waals surface area (Å²) in [6.45, 7) is 2.76. The van der Waals surface area contributed by atoms with Crippen molar-refractivity contribution in [2.24, 2.45) is 0 Å². The van der Waals surface area contributed by atoms with Crippen LogP contribution in [0.3, 0.4) is 0 Å². The molecule has 4 nitrogen and oxygen atoms in total. The minimum Gasteiger partial charge on any atom is -0.300 e. The summed E-state index contributed by atoms with van der Waals surface area (Å²) < 4.78 is 0. The number of hydrogen-bond acceptors (Lipinski definition) is 3. The van der Waals surface area contributed by atoms with Crippen molar-refractivity contribution in [1.82, 2.24) is 5.06 Å². The van der Waals surface area contributed by atoms with Crippen LogP contribution < -0.4 is 0 Å². The predicted molar refractivity (Wildman–Crippen MR) is 42.2 cm³/mol. The number of hydrogen-bond donors (Lipinski definition) is 0. The van der Waals surface area contributed by atoms with Crippen LogP contribution in [0.5, 0.6) is 0 Å². The maximum atomic E-state index is 11.2. The highest BCUT2D eigenvalue weighted by Crippen LogP contribution is 2.07. The van der Waals surface area contributed by atoms with Gasteiger partial charge in [-0.1, -0.05) is 0 Å². The molecule has 1 saturated heterocycles. The molecule has 1 amide bonds. The maximum absolute atomic E-state index is 11.2. The van der Waals surface area contributed by atoms with Gasteiger partial charge in [0.1, 0.15) is 5.78 Å². The topological polar surface area (TPSA) is 46.6 Å². The van der Waals surface area contributed by atoms with Crippen LogP contribution in [-0.2, 0) is 14.4 Å². The Morgan fingerprint density at radius 2 is 2.17 bits per heavy atom. The number of ketones is 1. The van der Waals surface area contributed by atoms with E-state index >= 15 is 0 Å². The van der Waals surface area contributed by atoms with Crippen molar-refractivity contribution in [2.45, 2.75) is 26.2 Å². The third-order valence-electron chi connectivity index (χ3n) is 1.72. The first-order valence-electron chi connectivity index (χ1n) is 4.13. The molecule has 1 aliphatic heterocycles. The highest BCUT2D eigenvalue weighted by molar-refractivity contribution is 5.83. The summed E-state index contributed by atoms with van der Waals surface area (Å²) in [4.78, 5) is 26.8. The Kier molecular flexibility index (Phi) is 3.22. The molecule has 0 aliphatic carbocycles. The van der Waals surface area contributed by atoms with Crippen molar-refractivity contribution in [3.8, 4) is 0 Å². The van der Waals surface area contributed by atoms with Crippen molar-refractivity contribution < 1.29 is 14.4 Å². The normalized spacial score (nSPS) is 16.6. The Hall–Kier alpha value is -0.900. The lowest BCUT2D eigenvalue weighted by molar-refractivity contribution is -0.169. The molecule has 0 radical (unpaired) electrons. The van der Waals surface area contributed by atoms with E-state index in [9.17, 15) is 9.59 Å². The largest absolute Gasteiger partial charge is 0.300 e. The van der Waals surface area contributed by atoms with Gasteiger partial charge in [-0.25, -0.2) is 5.06 Å². The number of carbonyl (C=O) groups excluding carboxylic acids is 2. The van der Waals surface area contributed by atoms with E-state index in [0.717, 1.165) is 6.42 Å². The molecule has 0 spiro atoms. The number of hydroxylamine groups is 2. The van der Waals surface area contributed by atoms with Gasteiger partial charge >= 0.3 is 0 Å². The molecule has 1 heterocycles. The van der Waals surface area contributed by atoms with Gasteiger partial charge in [0, 0.05) is 12.8 Å². The van der Waals surface area contributed by atoms with Crippen LogP contribution in [0.4, 0.5) is 0 Å². The molecule has 0 atom stereocenters. The van der Waals surface area contributed by atoms with Gasteiger partial charge in [0.25, 0.3) is 0 Å². The fraction of sp³-hybridized carbons (Fsp3) is 0.750. The number of amides is 1. The molecule has 1 aliphatic rings.